The van der Waals surface area contributed by atoms with Gasteiger partial charge in [0, 0.05) is 37.2 Å². The molecule has 0 bridgehead atoms. The number of rotatable bonds is 0. The molecule has 0 N–H and O–H groups in total. The molecule has 3 aromatic rings. The molecule has 104 valence electrons. The van der Waals surface area contributed by atoms with Crippen molar-refractivity contribution in [2.24, 2.45) is 0 Å². The van der Waals surface area contributed by atoms with Crippen molar-refractivity contribution in [3.8, 4) is 0 Å². The molecule has 3 aromatic heterocycles. The van der Waals surface area contributed by atoms with Crippen molar-refractivity contribution in [2.45, 2.75) is 0 Å². The van der Waals surface area contributed by atoms with Crippen LogP contribution in [0.3, 0.4) is 0 Å². The molecule has 0 aliphatic rings. The minimum absolute atomic E-state index is 0. The summed E-state index contributed by atoms with van der Waals surface area (Å²) in [5, 5.41) is 0. The number of nitrogens with zero attached hydrogens (tertiary/aromatic N) is 3. The second-order valence-corrected chi connectivity index (χ2v) is 3.07. The van der Waals surface area contributed by atoms with Gasteiger partial charge >= 0.3 is 19.5 Å². The van der Waals surface area contributed by atoms with E-state index in [0.29, 0.717) is 0 Å². The summed E-state index contributed by atoms with van der Waals surface area (Å²) in [6.45, 7) is 0. The average molecular weight is 376 g/mol. The van der Waals surface area contributed by atoms with Crippen LogP contribution in [-0.2, 0) is 19.5 Å². The first kappa shape index (κ1) is 20.7. The third kappa shape index (κ3) is 14.4. The van der Waals surface area contributed by atoms with Gasteiger partial charge in [-0.25, -0.2) is 0 Å². The normalized spacial score (nSPS) is 7.20. The van der Waals surface area contributed by atoms with Crippen LogP contribution in [0.2, 0.25) is 0 Å². The van der Waals surface area contributed by atoms with Crippen molar-refractivity contribution in [2.75, 3.05) is 0 Å². The summed E-state index contributed by atoms with van der Waals surface area (Å²) in [7, 11) is 0. The molecule has 0 aliphatic heterocycles. The molecular weight excluding hydrogens is 361 g/mol. The minimum atomic E-state index is 0. The van der Waals surface area contributed by atoms with E-state index in [1.54, 1.807) is 37.2 Å². The van der Waals surface area contributed by atoms with Crippen molar-refractivity contribution < 1.29 is 31.9 Å². The molecule has 0 aromatic carbocycles. The molecule has 3 heterocycles. The van der Waals surface area contributed by atoms with Gasteiger partial charge in [0.05, 0.1) is 0 Å². The maximum Gasteiger partial charge on any atom is 3.00 e. The van der Waals surface area contributed by atoms with Gasteiger partial charge in [-0.2, -0.15) is 0 Å². The number of aromatic nitrogens is 3. The van der Waals surface area contributed by atoms with Gasteiger partial charge in [0.1, 0.15) is 0 Å². The van der Waals surface area contributed by atoms with Crippen molar-refractivity contribution in [3.05, 3.63) is 91.8 Å². The summed E-state index contributed by atoms with van der Waals surface area (Å²) in [6.07, 6.45) is 10.5. The Morgan fingerprint density at radius 1 is 0.350 bits per heavy atom. The second-order valence-electron chi connectivity index (χ2n) is 3.07. The molecule has 0 aliphatic carbocycles. The van der Waals surface area contributed by atoms with E-state index in [9.17, 15) is 0 Å². The molecule has 0 amide bonds. The zero-order valence-electron chi connectivity index (χ0n) is 10.7. The Bertz CT molecular complexity index is 314. The summed E-state index contributed by atoms with van der Waals surface area (Å²) in [5.74, 6) is 0. The van der Waals surface area contributed by atoms with Crippen LogP contribution in [-0.4, -0.2) is 15.0 Å². The third-order valence-electron chi connectivity index (χ3n) is 1.70. The van der Waals surface area contributed by atoms with Gasteiger partial charge in [-0.05, 0) is 36.4 Å². The van der Waals surface area contributed by atoms with Crippen LogP contribution >= 0.6 is 0 Å². The van der Waals surface area contributed by atoms with Gasteiger partial charge in [0.2, 0.25) is 0 Å². The molecule has 0 atom stereocenters. The predicted molar refractivity (Wildman–Crippen MR) is 72.7 cm³/mol. The molecule has 0 fully saturated rings. The predicted octanol–water partition coefficient (Wildman–Crippen LogP) is 0.246. The Hall–Kier alpha value is -1.64. The molecule has 20 heavy (non-hydrogen) atoms. The van der Waals surface area contributed by atoms with Crippen LogP contribution in [0.1, 0.15) is 0 Å². The largest absolute Gasteiger partial charge is 3.00 e. The quantitative estimate of drug-likeness (QED) is 0.529. The summed E-state index contributed by atoms with van der Waals surface area (Å²) in [4.78, 5) is 11.4. The summed E-state index contributed by atoms with van der Waals surface area (Å²) in [5.41, 5.74) is 0. The molecule has 0 radical (unpaired) electrons. The SMILES string of the molecule is [Cl-].[Rh+3].c1ccncc1.c1ccncc1.c1ccncc1. The number of hydrogen-bond donors (Lipinski definition) is 0. The first-order valence-corrected chi connectivity index (χ1v) is 5.55. The molecule has 5 heteroatoms. The van der Waals surface area contributed by atoms with Crippen molar-refractivity contribution in [3.63, 3.8) is 0 Å². The van der Waals surface area contributed by atoms with Crippen LogP contribution < -0.4 is 12.4 Å². The maximum absolute atomic E-state index is 3.78. The van der Waals surface area contributed by atoms with Crippen molar-refractivity contribution in [1.29, 1.82) is 0 Å². The Morgan fingerprint density at radius 2 is 0.550 bits per heavy atom. The first-order chi connectivity index (χ1) is 9.00. The Morgan fingerprint density at radius 3 is 0.600 bits per heavy atom. The molecule has 0 spiro atoms. The van der Waals surface area contributed by atoms with Crippen LogP contribution in [0, 0.1) is 0 Å². The molecular formula is C15H15ClN3Rh+2. The van der Waals surface area contributed by atoms with Gasteiger partial charge < -0.3 is 12.4 Å². The fourth-order valence-corrected chi connectivity index (χ4v) is 0.938. The monoisotopic (exact) mass is 375 g/mol. The Kier molecular flexibility index (Phi) is 18.0. The van der Waals surface area contributed by atoms with E-state index in [1.165, 1.54) is 0 Å². The van der Waals surface area contributed by atoms with Gasteiger partial charge in [-0.3, -0.25) is 15.0 Å². The zero-order valence-corrected chi connectivity index (χ0v) is 13.1. The minimum Gasteiger partial charge on any atom is -1.00 e. The molecule has 0 saturated heterocycles. The Labute approximate surface area is 138 Å². The fraction of sp³-hybridized carbons (Fsp3) is 0. The summed E-state index contributed by atoms with van der Waals surface area (Å²) < 4.78 is 0. The van der Waals surface area contributed by atoms with E-state index in [4.69, 9.17) is 0 Å². The molecule has 3 nitrogen and oxygen atoms in total. The van der Waals surface area contributed by atoms with Gasteiger partial charge in [0.25, 0.3) is 0 Å². The number of hydrogen-bond acceptors (Lipinski definition) is 3. The molecule has 0 saturated carbocycles. The average Bonchev–Trinajstić information content (AvgIpc) is 2.54. The van der Waals surface area contributed by atoms with Crippen molar-refractivity contribution in [1.82, 2.24) is 15.0 Å². The van der Waals surface area contributed by atoms with E-state index >= 15 is 0 Å². The van der Waals surface area contributed by atoms with Crippen LogP contribution in [0.5, 0.6) is 0 Å². The number of pyridine rings is 3. The Balaban J connectivity index is 0. The smallest absolute Gasteiger partial charge is 1.00 e. The zero-order chi connectivity index (χ0) is 12.7. The van der Waals surface area contributed by atoms with E-state index in [2.05, 4.69) is 15.0 Å². The first-order valence-electron chi connectivity index (χ1n) is 5.55. The number of halogens is 1. The topological polar surface area (TPSA) is 38.7 Å². The maximum atomic E-state index is 3.78. The van der Waals surface area contributed by atoms with Crippen LogP contribution in [0.15, 0.2) is 91.8 Å². The van der Waals surface area contributed by atoms with E-state index < -0.39 is 0 Å². The van der Waals surface area contributed by atoms with Crippen LogP contribution in [0.25, 0.3) is 0 Å². The fourth-order valence-electron chi connectivity index (χ4n) is 0.938. The van der Waals surface area contributed by atoms with E-state index in [1.807, 2.05) is 54.6 Å². The van der Waals surface area contributed by atoms with Gasteiger partial charge in [0.15, 0.2) is 0 Å². The molecule has 3 rings (SSSR count). The third-order valence-corrected chi connectivity index (χ3v) is 1.70. The van der Waals surface area contributed by atoms with E-state index in [-0.39, 0.29) is 31.9 Å². The summed E-state index contributed by atoms with van der Waals surface area (Å²) in [6, 6.07) is 17.1. The van der Waals surface area contributed by atoms with Crippen molar-refractivity contribution >= 4 is 0 Å². The standard InChI is InChI=1S/3C5H5N.ClH.Rh/c3*1-2-4-6-5-3-1;;/h3*1-5H;1H;/q;;;;+3/p-1. The summed E-state index contributed by atoms with van der Waals surface area (Å²) >= 11 is 0. The molecule has 0 unspecified atom stereocenters. The van der Waals surface area contributed by atoms with E-state index in [0.717, 1.165) is 0 Å². The van der Waals surface area contributed by atoms with Gasteiger partial charge in [-0.1, -0.05) is 18.2 Å². The van der Waals surface area contributed by atoms with Crippen LogP contribution in [0.4, 0.5) is 0 Å². The van der Waals surface area contributed by atoms with Gasteiger partial charge in [-0.15, -0.1) is 0 Å². The second kappa shape index (κ2) is 17.4.